The van der Waals surface area contributed by atoms with Crippen LogP contribution in [-0.2, 0) is 14.8 Å². The van der Waals surface area contributed by atoms with Gasteiger partial charge in [0.2, 0.25) is 10.0 Å². The van der Waals surface area contributed by atoms with E-state index in [0.717, 1.165) is 12.5 Å². The lowest BCUT2D eigenvalue weighted by Crippen LogP contribution is -2.45. The summed E-state index contributed by atoms with van der Waals surface area (Å²) in [6.45, 7) is 3.53. The van der Waals surface area contributed by atoms with Gasteiger partial charge in [-0.15, -0.1) is 0 Å². The van der Waals surface area contributed by atoms with Gasteiger partial charge in [-0.3, -0.25) is 4.79 Å². The Morgan fingerprint density at radius 3 is 2.39 bits per heavy atom. The minimum atomic E-state index is -4.03. The second-order valence-electron chi connectivity index (χ2n) is 5.85. The Bertz CT molecular complexity index is 980. The number of allylic oxidation sites excluding steroid dienone is 1. The summed E-state index contributed by atoms with van der Waals surface area (Å²) in [5.41, 5.74) is 1.04. The van der Waals surface area contributed by atoms with Crippen LogP contribution in [0.15, 0.2) is 59.5 Å². The van der Waals surface area contributed by atoms with Gasteiger partial charge in [-0.1, -0.05) is 18.2 Å². The molecule has 0 heterocycles. The molecular formula is C20H20NO6S-. The van der Waals surface area contributed by atoms with Crippen LogP contribution in [0.2, 0.25) is 0 Å². The number of rotatable bonds is 9. The van der Waals surface area contributed by atoms with E-state index in [4.69, 9.17) is 4.74 Å². The van der Waals surface area contributed by atoms with E-state index in [2.05, 4.69) is 0 Å². The van der Waals surface area contributed by atoms with Gasteiger partial charge in [-0.05, 0) is 56.3 Å². The Morgan fingerprint density at radius 1 is 1.14 bits per heavy atom. The molecule has 0 unspecified atom stereocenters. The molecule has 0 bridgehead atoms. The standard InChI is InChI=1S/C20H21NO6S/c1-3-27-19-7-5-4-6-16(19)10-13-18(22)15-8-11-17(12-9-15)28(25,26)21-14(2)20(23)24/h4-14,21H,3H2,1-2H3,(H,23,24)/p-1/b13-10+/t14-/m0/s1. The highest BCUT2D eigenvalue weighted by Crippen LogP contribution is 2.20. The molecular weight excluding hydrogens is 382 g/mol. The van der Waals surface area contributed by atoms with E-state index in [1.807, 2.05) is 29.8 Å². The fourth-order valence-electron chi connectivity index (χ4n) is 2.31. The van der Waals surface area contributed by atoms with Crippen molar-refractivity contribution in [2.45, 2.75) is 24.8 Å². The topological polar surface area (TPSA) is 113 Å². The molecule has 0 radical (unpaired) electrons. The molecule has 0 aliphatic heterocycles. The molecule has 2 rings (SSSR count). The second-order valence-corrected chi connectivity index (χ2v) is 7.57. The Labute approximate surface area is 163 Å². The Balaban J connectivity index is 2.15. The summed E-state index contributed by atoms with van der Waals surface area (Å²) >= 11 is 0. The van der Waals surface area contributed by atoms with E-state index < -0.39 is 22.0 Å². The van der Waals surface area contributed by atoms with Crippen LogP contribution in [0.5, 0.6) is 5.75 Å². The summed E-state index contributed by atoms with van der Waals surface area (Å²) in [6, 6.07) is 11.1. The molecule has 1 N–H and O–H groups in total. The number of sulfonamides is 1. The van der Waals surface area contributed by atoms with E-state index in [-0.39, 0.29) is 16.2 Å². The summed E-state index contributed by atoms with van der Waals surface area (Å²) in [4.78, 5) is 22.9. The van der Waals surface area contributed by atoms with Crippen molar-refractivity contribution in [2.75, 3.05) is 6.61 Å². The van der Waals surface area contributed by atoms with Gasteiger partial charge in [-0.2, -0.15) is 0 Å². The second kappa shape index (κ2) is 9.29. The van der Waals surface area contributed by atoms with Crippen LogP contribution in [0, 0.1) is 0 Å². The van der Waals surface area contributed by atoms with Crippen LogP contribution < -0.4 is 14.6 Å². The summed E-state index contributed by atoms with van der Waals surface area (Å²) in [6.07, 6.45) is 3.00. The maximum atomic E-state index is 12.3. The van der Waals surface area contributed by atoms with Crippen LogP contribution in [0.3, 0.4) is 0 Å². The van der Waals surface area contributed by atoms with E-state index in [9.17, 15) is 23.1 Å². The predicted octanol–water partition coefficient (Wildman–Crippen LogP) is 1.40. The van der Waals surface area contributed by atoms with Gasteiger partial charge in [0, 0.05) is 11.1 Å². The van der Waals surface area contributed by atoms with Gasteiger partial charge in [0.05, 0.1) is 23.5 Å². The lowest BCUT2D eigenvalue weighted by molar-refractivity contribution is -0.307. The van der Waals surface area contributed by atoms with Crippen LogP contribution >= 0.6 is 0 Å². The highest BCUT2D eigenvalue weighted by Gasteiger charge is 2.18. The Hall–Kier alpha value is -2.97. The van der Waals surface area contributed by atoms with Crippen molar-refractivity contribution in [2.24, 2.45) is 0 Å². The monoisotopic (exact) mass is 402 g/mol. The molecule has 0 saturated carbocycles. The quantitative estimate of drug-likeness (QED) is 0.501. The summed E-state index contributed by atoms with van der Waals surface area (Å²) < 4.78 is 31.7. The van der Waals surface area contributed by atoms with Gasteiger partial charge in [-0.25, -0.2) is 13.1 Å². The zero-order valence-corrected chi connectivity index (χ0v) is 16.2. The van der Waals surface area contributed by atoms with Crippen LogP contribution in [0.25, 0.3) is 6.08 Å². The summed E-state index contributed by atoms with van der Waals surface area (Å²) in [5.74, 6) is -1.19. The highest BCUT2D eigenvalue weighted by atomic mass is 32.2. The number of nitrogens with one attached hydrogen (secondary N) is 1. The number of carbonyl (C=O) groups is 2. The molecule has 0 aliphatic carbocycles. The fraction of sp³-hybridized carbons (Fsp3) is 0.200. The maximum Gasteiger partial charge on any atom is 0.241 e. The molecule has 0 aliphatic rings. The number of ether oxygens (including phenoxy) is 1. The molecule has 0 fully saturated rings. The fourth-order valence-corrected chi connectivity index (χ4v) is 3.51. The lowest BCUT2D eigenvalue weighted by atomic mass is 10.1. The molecule has 2 aromatic carbocycles. The van der Waals surface area contributed by atoms with Crippen molar-refractivity contribution < 1.29 is 27.9 Å². The zero-order valence-electron chi connectivity index (χ0n) is 15.4. The van der Waals surface area contributed by atoms with Gasteiger partial charge in [0.25, 0.3) is 0 Å². The third kappa shape index (κ3) is 5.51. The summed E-state index contributed by atoms with van der Waals surface area (Å²) in [7, 11) is -4.03. The normalized spacial score (nSPS) is 12.6. The van der Waals surface area contributed by atoms with Crippen molar-refractivity contribution in [1.82, 2.24) is 4.72 Å². The number of benzene rings is 2. The van der Waals surface area contributed by atoms with Crippen LogP contribution in [0.4, 0.5) is 0 Å². The maximum absolute atomic E-state index is 12.3. The van der Waals surface area contributed by atoms with Crippen molar-refractivity contribution in [3.63, 3.8) is 0 Å². The van der Waals surface area contributed by atoms with Gasteiger partial charge in [0.1, 0.15) is 5.75 Å². The first-order valence-corrected chi connectivity index (χ1v) is 10.0. The average Bonchev–Trinajstić information content (AvgIpc) is 2.67. The summed E-state index contributed by atoms with van der Waals surface area (Å²) in [5, 5.41) is 10.7. The number of carbonyl (C=O) groups excluding carboxylic acids is 2. The largest absolute Gasteiger partial charge is 0.548 e. The van der Waals surface area contributed by atoms with E-state index in [1.165, 1.54) is 30.3 Å². The molecule has 8 heteroatoms. The number of carboxylic acids is 1. The SMILES string of the molecule is CCOc1ccccc1/C=C/C(=O)c1ccc(S(=O)(=O)N[C@@H](C)C(=O)[O-])cc1. The van der Waals surface area contributed by atoms with E-state index in [1.54, 1.807) is 12.1 Å². The molecule has 28 heavy (non-hydrogen) atoms. The minimum absolute atomic E-state index is 0.150. The predicted molar refractivity (Wildman–Crippen MR) is 102 cm³/mol. The van der Waals surface area contributed by atoms with Crippen LogP contribution in [-0.4, -0.2) is 32.8 Å². The number of hydrogen-bond donors (Lipinski definition) is 1. The van der Waals surface area contributed by atoms with E-state index in [0.29, 0.717) is 12.4 Å². The smallest absolute Gasteiger partial charge is 0.241 e. The first-order chi connectivity index (χ1) is 13.2. The highest BCUT2D eigenvalue weighted by molar-refractivity contribution is 7.89. The number of aliphatic carboxylic acids is 1. The number of carboxylic acid groups (broad SMARTS) is 1. The molecule has 0 amide bonds. The van der Waals surface area contributed by atoms with Crippen LogP contribution in [0.1, 0.15) is 29.8 Å². The molecule has 0 saturated heterocycles. The molecule has 1 atom stereocenters. The van der Waals surface area contributed by atoms with Gasteiger partial charge >= 0.3 is 0 Å². The van der Waals surface area contributed by atoms with Crippen molar-refractivity contribution in [3.8, 4) is 5.75 Å². The van der Waals surface area contributed by atoms with E-state index >= 15 is 0 Å². The molecule has 2 aromatic rings. The number of ketones is 1. The molecule has 0 spiro atoms. The third-order valence-electron chi connectivity index (χ3n) is 3.77. The molecule has 0 aromatic heterocycles. The third-order valence-corrected chi connectivity index (χ3v) is 5.32. The molecule has 148 valence electrons. The first kappa shape index (κ1) is 21.3. The molecule has 7 nitrogen and oxygen atoms in total. The van der Waals surface area contributed by atoms with Crippen molar-refractivity contribution in [1.29, 1.82) is 0 Å². The number of hydrogen-bond acceptors (Lipinski definition) is 6. The van der Waals surface area contributed by atoms with Gasteiger partial charge < -0.3 is 14.6 Å². The zero-order chi connectivity index (χ0) is 20.7. The minimum Gasteiger partial charge on any atom is -0.548 e. The first-order valence-electron chi connectivity index (χ1n) is 8.52. The average molecular weight is 402 g/mol. The lowest BCUT2D eigenvalue weighted by Gasteiger charge is -2.14. The Kier molecular flexibility index (Phi) is 7.08. The van der Waals surface area contributed by atoms with Gasteiger partial charge in [0.15, 0.2) is 5.78 Å². The Morgan fingerprint density at radius 2 is 1.79 bits per heavy atom. The van der Waals surface area contributed by atoms with Crippen molar-refractivity contribution >= 4 is 27.9 Å². The van der Waals surface area contributed by atoms with Crippen molar-refractivity contribution in [3.05, 3.63) is 65.7 Å². The number of para-hydroxylation sites is 1.